The van der Waals surface area contributed by atoms with Gasteiger partial charge in [0.25, 0.3) is 10.1 Å². The highest BCUT2D eigenvalue weighted by Crippen LogP contribution is 2.07. The van der Waals surface area contributed by atoms with Gasteiger partial charge in [-0.15, -0.1) is 0 Å². The molecule has 0 radical (unpaired) electrons. The van der Waals surface area contributed by atoms with E-state index >= 15 is 0 Å². The molecule has 0 aliphatic rings. The molecule has 1 aromatic heterocycles. The number of hydrogen-bond acceptors (Lipinski definition) is 2. The molecule has 0 aliphatic carbocycles. The Morgan fingerprint density at radius 2 is 1.78 bits per heavy atom. The fraction of sp³-hybridized carbons (Fsp3) is 0.250. The molecule has 0 bridgehead atoms. The van der Waals surface area contributed by atoms with E-state index in [2.05, 4.69) is 0 Å². The number of nitrogens with zero attached hydrogens (tertiary/aromatic N) is 1. The molecule has 3 N–H and O–H groups in total. The Morgan fingerprint density at radius 3 is 2.50 bits per heavy atom. The van der Waals surface area contributed by atoms with Gasteiger partial charge in [-0.3, -0.25) is 4.55 Å². The molecule has 0 fully saturated rings. The smallest absolute Gasteiger partial charge is 0.265 e. The predicted octanol–water partition coefficient (Wildman–Crippen LogP) is 0.581. The van der Waals surface area contributed by atoms with Crippen LogP contribution in [-0.2, 0) is 16.7 Å². The molecule has 0 aliphatic heterocycles. The van der Waals surface area contributed by atoms with Gasteiger partial charge in [0.05, 0.1) is 5.75 Å². The van der Waals surface area contributed by atoms with Crippen molar-refractivity contribution < 1.29 is 23.0 Å². The lowest BCUT2D eigenvalue weighted by molar-refractivity contribution is -0.671. The lowest BCUT2D eigenvalue weighted by Gasteiger charge is -2.00. The van der Waals surface area contributed by atoms with Gasteiger partial charge < -0.3 is 5.48 Å². The average Bonchev–Trinajstić information content (AvgIpc) is 2.28. The fourth-order valence-electron chi connectivity index (χ4n) is 1.83. The van der Waals surface area contributed by atoms with E-state index in [1.54, 1.807) is 0 Å². The number of para-hydroxylation sites is 1. The standard InChI is InChI=1S/C12H13NO3S.H2O/c14-17(15,16)10-4-9-13-8-3-6-11-5-1-2-7-12(11)13;/h1-3,5-8H,4,9-10H2;1H2/p+1. The molecule has 98 valence electrons. The molecule has 1 aromatic carbocycles. The average molecular weight is 270 g/mol. The Bertz CT molecular complexity index is 620. The number of fused-ring (bicyclic) bond motifs is 1. The molecule has 5 nitrogen and oxygen atoms in total. The third-order valence-corrected chi connectivity index (χ3v) is 3.39. The maximum Gasteiger partial charge on any atom is 0.265 e. The minimum absolute atomic E-state index is 0. The zero-order valence-electron chi connectivity index (χ0n) is 9.78. The summed E-state index contributed by atoms with van der Waals surface area (Å²) >= 11 is 0. The van der Waals surface area contributed by atoms with Crippen molar-refractivity contribution in [2.45, 2.75) is 13.0 Å². The number of aromatic nitrogens is 1. The second-order valence-electron chi connectivity index (χ2n) is 3.90. The van der Waals surface area contributed by atoms with Crippen LogP contribution in [0.1, 0.15) is 6.42 Å². The van der Waals surface area contributed by atoms with Crippen LogP contribution in [-0.4, -0.2) is 24.2 Å². The van der Waals surface area contributed by atoms with E-state index < -0.39 is 10.1 Å². The normalized spacial score (nSPS) is 11.2. The lowest BCUT2D eigenvalue weighted by atomic mass is 10.2. The van der Waals surface area contributed by atoms with Crippen LogP contribution in [0.5, 0.6) is 0 Å². The first-order chi connectivity index (χ1) is 8.06. The molecule has 0 spiro atoms. The summed E-state index contributed by atoms with van der Waals surface area (Å²) < 4.78 is 31.9. The van der Waals surface area contributed by atoms with Crippen LogP contribution in [0.25, 0.3) is 10.9 Å². The Hall–Kier alpha value is -1.50. The molecule has 0 amide bonds. The maximum absolute atomic E-state index is 10.6. The second kappa shape index (κ2) is 5.90. The largest absolute Gasteiger partial charge is 0.412 e. The lowest BCUT2D eigenvalue weighted by Crippen LogP contribution is -2.34. The van der Waals surface area contributed by atoms with E-state index in [1.807, 2.05) is 47.2 Å². The van der Waals surface area contributed by atoms with Gasteiger partial charge in [-0.25, -0.2) is 0 Å². The summed E-state index contributed by atoms with van der Waals surface area (Å²) in [6.07, 6.45) is 2.31. The van der Waals surface area contributed by atoms with E-state index in [4.69, 9.17) is 4.55 Å². The van der Waals surface area contributed by atoms with Crippen LogP contribution < -0.4 is 4.57 Å². The highest BCUT2D eigenvalue weighted by atomic mass is 32.2. The van der Waals surface area contributed by atoms with Gasteiger partial charge in [-0.05, 0) is 12.1 Å². The minimum Gasteiger partial charge on any atom is -0.412 e. The second-order valence-corrected chi connectivity index (χ2v) is 5.47. The summed E-state index contributed by atoms with van der Waals surface area (Å²) in [6, 6.07) is 11.8. The maximum atomic E-state index is 10.6. The summed E-state index contributed by atoms with van der Waals surface area (Å²) in [6.45, 7) is 0.571. The Balaban J connectivity index is 0.00000162. The summed E-state index contributed by atoms with van der Waals surface area (Å²) in [7, 11) is -3.86. The van der Waals surface area contributed by atoms with Gasteiger partial charge in [0, 0.05) is 23.9 Å². The van der Waals surface area contributed by atoms with Crippen LogP contribution in [0.4, 0.5) is 0 Å². The van der Waals surface area contributed by atoms with Gasteiger partial charge in [0.15, 0.2) is 6.20 Å². The topological polar surface area (TPSA) is 89.8 Å². The van der Waals surface area contributed by atoms with Crippen LogP contribution in [0.2, 0.25) is 0 Å². The molecule has 0 atom stereocenters. The first kappa shape index (κ1) is 14.6. The SMILES string of the molecule is O.O=S(=O)(O)CCC[n+]1cccc2ccccc21. The number of pyridine rings is 1. The highest BCUT2D eigenvalue weighted by Gasteiger charge is 2.10. The van der Waals surface area contributed by atoms with Crippen LogP contribution >= 0.6 is 0 Å². The Morgan fingerprint density at radius 1 is 1.11 bits per heavy atom. The highest BCUT2D eigenvalue weighted by molar-refractivity contribution is 7.85. The molecule has 0 saturated carbocycles. The summed E-state index contributed by atoms with van der Waals surface area (Å²) in [5, 5.41) is 1.11. The third kappa shape index (κ3) is 3.76. The monoisotopic (exact) mass is 270 g/mol. The third-order valence-electron chi connectivity index (χ3n) is 2.59. The van der Waals surface area contributed by atoms with Gasteiger partial charge in [0.2, 0.25) is 5.52 Å². The van der Waals surface area contributed by atoms with Crippen molar-refractivity contribution in [3.63, 3.8) is 0 Å². The number of rotatable bonds is 4. The van der Waals surface area contributed by atoms with E-state index in [1.165, 1.54) is 0 Å². The quantitative estimate of drug-likeness (QED) is 0.651. The van der Waals surface area contributed by atoms with Crippen molar-refractivity contribution in [3.8, 4) is 0 Å². The summed E-state index contributed by atoms with van der Waals surface area (Å²) in [4.78, 5) is 0. The zero-order valence-corrected chi connectivity index (χ0v) is 10.6. The van der Waals surface area contributed by atoms with E-state index in [9.17, 15) is 8.42 Å². The molecule has 0 unspecified atom stereocenters. The van der Waals surface area contributed by atoms with Crippen molar-refractivity contribution in [1.29, 1.82) is 0 Å². The van der Waals surface area contributed by atoms with Crippen LogP contribution in [0.15, 0.2) is 42.6 Å². The Kier molecular flexibility index (Phi) is 4.77. The minimum atomic E-state index is -3.86. The van der Waals surface area contributed by atoms with E-state index in [-0.39, 0.29) is 11.2 Å². The molecule has 2 aromatic rings. The van der Waals surface area contributed by atoms with Crippen molar-refractivity contribution >= 4 is 21.0 Å². The van der Waals surface area contributed by atoms with E-state index in [0.29, 0.717) is 13.0 Å². The van der Waals surface area contributed by atoms with Crippen LogP contribution in [0.3, 0.4) is 0 Å². The van der Waals surface area contributed by atoms with Crippen molar-refractivity contribution in [1.82, 2.24) is 0 Å². The van der Waals surface area contributed by atoms with Gasteiger partial charge in [-0.1, -0.05) is 12.1 Å². The zero-order chi connectivity index (χ0) is 12.3. The Labute approximate surface area is 106 Å². The van der Waals surface area contributed by atoms with Crippen molar-refractivity contribution in [2.24, 2.45) is 0 Å². The molecule has 0 saturated heterocycles. The molecule has 1 heterocycles. The van der Waals surface area contributed by atoms with E-state index in [0.717, 1.165) is 10.9 Å². The molecule has 18 heavy (non-hydrogen) atoms. The van der Waals surface area contributed by atoms with Gasteiger partial charge >= 0.3 is 0 Å². The summed E-state index contributed by atoms with van der Waals surface area (Å²) in [5.41, 5.74) is 1.06. The fourth-order valence-corrected chi connectivity index (χ4v) is 2.33. The molecule has 6 heteroatoms. The van der Waals surface area contributed by atoms with Gasteiger partial charge in [0.1, 0.15) is 6.54 Å². The van der Waals surface area contributed by atoms with Crippen molar-refractivity contribution in [2.75, 3.05) is 5.75 Å². The van der Waals surface area contributed by atoms with Crippen molar-refractivity contribution in [3.05, 3.63) is 42.6 Å². The first-order valence-electron chi connectivity index (χ1n) is 5.39. The predicted molar refractivity (Wildman–Crippen MR) is 68.8 cm³/mol. The molecule has 2 rings (SSSR count). The van der Waals surface area contributed by atoms with Crippen LogP contribution in [0, 0.1) is 0 Å². The number of aryl methyl sites for hydroxylation is 1. The summed E-state index contributed by atoms with van der Waals surface area (Å²) in [5.74, 6) is -0.205. The number of benzene rings is 1. The molecular formula is C12H16NO4S+. The molecular weight excluding hydrogens is 254 g/mol. The van der Waals surface area contributed by atoms with Gasteiger partial charge in [-0.2, -0.15) is 13.0 Å². The first-order valence-corrected chi connectivity index (χ1v) is 6.99. The number of hydrogen-bond donors (Lipinski definition) is 1.